The Balaban J connectivity index is 1.33. The number of aliphatic hydroxyl groups excluding tert-OH is 1. The Hall–Kier alpha value is -2.55. The lowest BCUT2D eigenvalue weighted by molar-refractivity contribution is -0.137. The van der Waals surface area contributed by atoms with E-state index < -0.39 is 24.3 Å². The van der Waals surface area contributed by atoms with Crippen LogP contribution in [-0.2, 0) is 17.4 Å². The van der Waals surface area contributed by atoms with Crippen LogP contribution in [-0.4, -0.2) is 65.7 Å². The van der Waals surface area contributed by atoms with Gasteiger partial charge in [-0.25, -0.2) is 4.79 Å². The molecule has 1 aliphatic carbocycles. The van der Waals surface area contributed by atoms with E-state index in [2.05, 4.69) is 11.9 Å². The fourth-order valence-electron chi connectivity index (χ4n) is 5.03. The molecule has 34 heavy (non-hydrogen) atoms. The van der Waals surface area contributed by atoms with E-state index in [4.69, 9.17) is 5.11 Å². The summed E-state index contributed by atoms with van der Waals surface area (Å²) in [4.78, 5) is 28.2. The third kappa shape index (κ3) is 5.74. The number of likely N-dealkylation sites (tertiary alicyclic amines) is 2. The van der Waals surface area contributed by atoms with Crippen LogP contribution in [0.25, 0.3) is 0 Å². The molecule has 0 unspecified atom stereocenters. The van der Waals surface area contributed by atoms with Crippen LogP contribution in [0.1, 0.15) is 54.7 Å². The highest BCUT2D eigenvalue weighted by molar-refractivity contribution is 5.78. The first-order chi connectivity index (χ1) is 16.2. The molecule has 0 aromatic heterocycles. The molecular weight excluding hydrogens is 447 g/mol. The van der Waals surface area contributed by atoms with Gasteiger partial charge in [-0.2, -0.15) is 13.2 Å². The summed E-state index contributed by atoms with van der Waals surface area (Å²) in [5.74, 6) is 0.0817. The van der Waals surface area contributed by atoms with Gasteiger partial charge < -0.3 is 20.2 Å². The number of benzene rings is 1. The molecule has 3 aliphatic rings. The van der Waals surface area contributed by atoms with E-state index in [1.165, 1.54) is 12.1 Å². The standard InChI is InChI=1S/C25H32F3N3O3/c1-16-6-9-31(14-22(16)29-23(33)15-32)24(34)30-10-7-17(8-11-30)12-19-4-5-20(25(26,27)28)13-21(19)18-2-3-18/h4-5,13,17-18,22,32H,1-3,6-12,14-15H2,(H,29,33)/t22-/m1/s1. The minimum atomic E-state index is -4.32. The minimum absolute atomic E-state index is 0.0672. The second kappa shape index (κ2) is 9.98. The van der Waals surface area contributed by atoms with Crippen LogP contribution in [0.2, 0.25) is 0 Å². The van der Waals surface area contributed by atoms with Gasteiger partial charge in [0.1, 0.15) is 6.61 Å². The summed E-state index contributed by atoms with van der Waals surface area (Å²) in [7, 11) is 0. The Morgan fingerprint density at radius 3 is 2.41 bits per heavy atom. The lowest BCUT2D eigenvalue weighted by Gasteiger charge is -2.40. The Bertz CT molecular complexity index is 937. The zero-order valence-corrected chi connectivity index (χ0v) is 19.2. The van der Waals surface area contributed by atoms with Crippen molar-refractivity contribution in [3.63, 3.8) is 0 Å². The average molecular weight is 480 g/mol. The number of rotatable bonds is 5. The highest BCUT2D eigenvalue weighted by Gasteiger charge is 2.35. The molecule has 2 saturated heterocycles. The number of nitrogens with one attached hydrogen (secondary N) is 1. The van der Waals surface area contributed by atoms with Gasteiger partial charge in [-0.1, -0.05) is 18.2 Å². The van der Waals surface area contributed by atoms with Gasteiger partial charge in [0.25, 0.3) is 0 Å². The molecule has 1 aromatic carbocycles. The molecule has 1 saturated carbocycles. The highest BCUT2D eigenvalue weighted by atomic mass is 19.4. The Morgan fingerprint density at radius 2 is 1.79 bits per heavy atom. The van der Waals surface area contributed by atoms with Crippen molar-refractivity contribution in [2.24, 2.45) is 5.92 Å². The van der Waals surface area contributed by atoms with E-state index in [1.54, 1.807) is 11.0 Å². The van der Waals surface area contributed by atoms with Crippen molar-refractivity contribution in [1.29, 1.82) is 0 Å². The number of amides is 3. The van der Waals surface area contributed by atoms with Crippen LogP contribution in [0.5, 0.6) is 0 Å². The van der Waals surface area contributed by atoms with Crippen LogP contribution in [0.3, 0.4) is 0 Å². The van der Waals surface area contributed by atoms with Gasteiger partial charge >= 0.3 is 12.2 Å². The Labute approximate surface area is 197 Å². The van der Waals surface area contributed by atoms with E-state index in [0.29, 0.717) is 38.5 Å². The van der Waals surface area contributed by atoms with Crippen molar-refractivity contribution in [1.82, 2.24) is 15.1 Å². The summed E-state index contributed by atoms with van der Waals surface area (Å²) >= 11 is 0. The van der Waals surface area contributed by atoms with Crippen LogP contribution in [0.15, 0.2) is 30.4 Å². The number of urea groups is 1. The normalized spacial score (nSPS) is 22.1. The Kier molecular flexibility index (Phi) is 7.21. The zero-order valence-electron chi connectivity index (χ0n) is 19.2. The van der Waals surface area contributed by atoms with Gasteiger partial charge in [-0.15, -0.1) is 0 Å². The molecule has 3 amide bonds. The number of piperidine rings is 2. The number of carbonyl (C=O) groups excluding carboxylic acids is 2. The number of carbonyl (C=O) groups is 2. The van der Waals surface area contributed by atoms with Crippen molar-refractivity contribution in [3.8, 4) is 0 Å². The molecule has 186 valence electrons. The molecule has 1 atom stereocenters. The predicted molar refractivity (Wildman–Crippen MR) is 121 cm³/mol. The second-order valence-electron chi connectivity index (χ2n) is 9.74. The number of hydrogen-bond donors (Lipinski definition) is 2. The molecule has 2 heterocycles. The highest BCUT2D eigenvalue weighted by Crippen LogP contribution is 2.44. The first-order valence-electron chi connectivity index (χ1n) is 12.0. The number of hydrogen-bond acceptors (Lipinski definition) is 3. The molecule has 9 heteroatoms. The second-order valence-corrected chi connectivity index (χ2v) is 9.74. The van der Waals surface area contributed by atoms with Gasteiger partial charge in [0.15, 0.2) is 0 Å². The summed E-state index contributed by atoms with van der Waals surface area (Å²) in [6, 6.07) is 3.74. The maximum Gasteiger partial charge on any atom is 0.416 e. The molecule has 6 nitrogen and oxygen atoms in total. The van der Waals surface area contributed by atoms with Crippen molar-refractivity contribution >= 4 is 11.9 Å². The van der Waals surface area contributed by atoms with Crippen molar-refractivity contribution in [3.05, 3.63) is 47.0 Å². The molecule has 0 bridgehead atoms. The molecule has 4 rings (SSSR count). The van der Waals surface area contributed by atoms with E-state index in [9.17, 15) is 22.8 Å². The third-order valence-corrected chi connectivity index (χ3v) is 7.23. The summed E-state index contributed by atoms with van der Waals surface area (Å²) in [6.45, 7) is 5.45. The maximum absolute atomic E-state index is 13.2. The molecule has 1 aromatic rings. The van der Waals surface area contributed by atoms with Gasteiger partial charge in [0.05, 0.1) is 11.6 Å². The van der Waals surface area contributed by atoms with Gasteiger partial charge in [-0.3, -0.25) is 4.79 Å². The monoisotopic (exact) mass is 479 g/mol. The number of halogens is 3. The van der Waals surface area contributed by atoms with Crippen LogP contribution < -0.4 is 5.32 Å². The van der Waals surface area contributed by atoms with E-state index in [1.807, 2.05) is 4.90 Å². The SMILES string of the molecule is C=C1CCN(C(=O)N2CCC(Cc3ccc(C(F)(F)F)cc3C3CC3)CC2)C[C@H]1NC(=O)CO. The summed E-state index contributed by atoms with van der Waals surface area (Å²) in [6.07, 6.45) is 0.520. The van der Waals surface area contributed by atoms with E-state index in [0.717, 1.165) is 48.8 Å². The topological polar surface area (TPSA) is 72.9 Å². The largest absolute Gasteiger partial charge is 0.416 e. The number of aliphatic hydroxyl groups is 1. The molecule has 3 fully saturated rings. The molecule has 2 aliphatic heterocycles. The summed E-state index contributed by atoms with van der Waals surface area (Å²) < 4.78 is 39.5. The van der Waals surface area contributed by atoms with Crippen LogP contribution in [0, 0.1) is 5.92 Å². The first-order valence-corrected chi connectivity index (χ1v) is 12.0. The number of alkyl halides is 3. The smallest absolute Gasteiger partial charge is 0.387 e. The Morgan fingerprint density at radius 1 is 1.09 bits per heavy atom. The summed E-state index contributed by atoms with van der Waals surface area (Å²) in [5, 5.41) is 11.7. The summed E-state index contributed by atoms with van der Waals surface area (Å²) in [5.41, 5.74) is 2.12. The van der Waals surface area contributed by atoms with Crippen molar-refractivity contribution < 1.29 is 27.9 Å². The van der Waals surface area contributed by atoms with Gasteiger partial charge in [0, 0.05) is 26.2 Å². The fraction of sp³-hybridized carbons (Fsp3) is 0.600. The quantitative estimate of drug-likeness (QED) is 0.633. The van der Waals surface area contributed by atoms with Crippen molar-refractivity contribution in [2.45, 2.75) is 56.7 Å². The molecule has 0 radical (unpaired) electrons. The van der Waals surface area contributed by atoms with Gasteiger partial charge in [0.2, 0.25) is 5.91 Å². The van der Waals surface area contributed by atoms with Crippen molar-refractivity contribution in [2.75, 3.05) is 32.8 Å². The van der Waals surface area contributed by atoms with E-state index >= 15 is 0 Å². The van der Waals surface area contributed by atoms with Gasteiger partial charge in [-0.05, 0) is 73.6 Å². The lowest BCUT2D eigenvalue weighted by atomic mass is 9.87. The van der Waals surface area contributed by atoms with Crippen LogP contribution >= 0.6 is 0 Å². The number of nitrogens with zero attached hydrogens (tertiary/aromatic N) is 2. The van der Waals surface area contributed by atoms with Crippen LogP contribution in [0.4, 0.5) is 18.0 Å². The molecular formula is C25H32F3N3O3. The average Bonchev–Trinajstić information content (AvgIpc) is 3.65. The maximum atomic E-state index is 13.2. The minimum Gasteiger partial charge on any atom is -0.387 e. The first kappa shape index (κ1) is 24.6. The molecule has 2 N–H and O–H groups in total. The fourth-order valence-corrected chi connectivity index (χ4v) is 5.03. The lowest BCUT2D eigenvalue weighted by Crippen LogP contribution is -2.55. The third-order valence-electron chi connectivity index (χ3n) is 7.23. The molecule has 0 spiro atoms. The van der Waals surface area contributed by atoms with E-state index in [-0.39, 0.29) is 18.0 Å². The zero-order chi connectivity index (χ0) is 24.5. The predicted octanol–water partition coefficient (Wildman–Crippen LogP) is 3.70.